The van der Waals surface area contributed by atoms with Crippen molar-refractivity contribution in [3.63, 3.8) is 0 Å². The summed E-state index contributed by atoms with van der Waals surface area (Å²) in [6.07, 6.45) is 6.08. The van der Waals surface area contributed by atoms with E-state index in [1.807, 2.05) is 13.0 Å². The van der Waals surface area contributed by atoms with Gasteiger partial charge in [0.1, 0.15) is 0 Å². The summed E-state index contributed by atoms with van der Waals surface area (Å²) in [6.45, 7) is 6.54. The molecule has 82 valence electrons. The van der Waals surface area contributed by atoms with Gasteiger partial charge in [0, 0.05) is 17.8 Å². The Morgan fingerprint density at radius 3 is 2.50 bits per heavy atom. The summed E-state index contributed by atoms with van der Waals surface area (Å²) in [4.78, 5) is 0. The van der Waals surface area contributed by atoms with Crippen molar-refractivity contribution in [1.29, 1.82) is 0 Å². The van der Waals surface area contributed by atoms with E-state index >= 15 is 0 Å². The fourth-order valence-corrected chi connectivity index (χ4v) is 1.19. The molecule has 0 saturated carbocycles. The normalized spacial score (nSPS) is 13.9. The Bertz CT molecular complexity index is 243. The maximum Gasteiger partial charge on any atom is 0.0254 e. The Hall–Kier alpha value is -0.450. The van der Waals surface area contributed by atoms with Crippen molar-refractivity contribution in [2.24, 2.45) is 0 Å². The number of hydrogen-bond donors (Lipinski definition) is 1. The molecule has 0 spiro atoms. The third kappa shape index (κ3) is 9.64. The Morgan fingerprint density at radius 2 is 2.00 bits per heavy atom. The summed E-state index contributed by atoms with van der Waals surface area (Å²) in [6, 6.07) is 0. The van der Waals surface area contributed by atoms with Gasteiger partial charge in [0.15, 0.2) is 0 Å². The number of nitrogens with one attached hydrogen (secondary N) is 1. The molecule has 1 N–H and O–H groups in total. The molecule has 1 atom stereocenters. The van der Waals surface area contributed by atoms with E-state index in [1.54, 1.807) is 0 Å². The molecule has 0 heterocycles. The van der Waals surface area contributed by atoms with Gasteiger partial charge >= 0.3 is 0 Å². The lowest BCUT2D eigenvalue weighted by atomic mass is 10.1. The molecule has 0 aromatic rings. The monoisotopic (exact) mass is 216 g/mol. The molecule has 0 amide bonds. The van der Waals surface area contributed by atoms with Gasteiger partial charge in [-0.2, -0.15) is 0 Å². The zero-order chi connectivity index (χ0) is 11.0. The molecule has 0 aliphatic heterocycles. The van der Waals surface area contributed by atoms with E-state index in [-0.39, 0.29) is 0 Å². The molecule has 0 rings (SSSR count). The van der Waals surface area contributed by atoms with Crippen LogP contribution in [0.3, 0.4) is 0 Å². The van der Waals surface area contributed by atoms with E-state index in [9.17, 15) is 8.76 Å². The summed E-state index contributed by atoms with van der Waals surface area (Å²) >= 11 is -2.15. The Kier molecular flexibility index (Phi) is 7.65. The van der Waals surface area contributed by atoms with Crippen molar-refractivity contribution >= 4 is 11.3 Å². The average molecular weight is 216 g/mol. The van der Waals surface area contributed by atoms with Crippen LogP contribution in [0.15, 0.2) is 23.3 Å². The van der Waals surface area contributed by atoms with E-state index in [1.165, 1.54) is 11.1 Å². The van der Waals surface area contributed by atoms with Gasteiger partial charge in [-0.3, -0.25) is 4.21 Å². The molecule has 0 radical (unpaired) electrons. The number of hydrogen-bond acceptors (Lipinski definition) is 2. The van der Waals surface area contributed by atoms with Crippen molar-refractivity contribution < 1.29 is 8.76 Å². The van der Waals surface area contributed by atoms with Gasteiger partial charge in [0.05, 0.1) is 0 Å². The summed E-state index contributed by atoms with van der Waals surface area (Å²) in [5.41, 5.74) is 2.53. The SMILES string of the molecule is CC(C)=CCC/C(C)=C/CNS(=O)[O-]. The highest BCUT2D eigenvalue weighted by Crippen LogP contribution is 2.05. The molecule has 0 fully saturated rings. The summed E-state index contributed by atoms with van der Waals surface area (Å²) in [5.74, 6) is 0. The fraction of sp³-hybridized carbons (Fsp3) is 0.600. The molecule has 0 saturated heterocycles. The zero-order valence-corrected chi connectivity index (χ0v) is 9.82. The van der Waals surface area contributed by atoms with Crippen LogP contribution in [-0.4, -0.2) is 15.3 Å². The van der Waals surface area contributed by atoms with Crippen molar-refractivity contribution in [3.8, 4) is 0 Å². The molecule has 3 nitrogen and oxygen atoms in total. The molecular formula is C10H18NO2S-. The molecule has 0 aliphatic rings. The predicted octanol–water partition coefficient (Wildman–Crippen LogP) is 2.06. The predicted molar refractivity (Wildman–Crippen MR) is 59.3 cm³/mol. The lowest BCUT2D eigenvalue weighted by molar-refractivity contribution is 0.526. The molecule has 1 unspecified atom stereocenters. The smallest absolute Gasteiger partial charge is 0.0254 e. The van der Waals surface area contributed by atoms with Crippen molar-refractivity contribution in [1.82, 2.24) is 4.72 Å². The van der Waals surface area contributed by atoms with Crippen LogP contribution in [-0.2, 0) is 11.3 Å². The second-order valence-corrected chi connectivity index (χ2v) is 4.21. The van der Waals surface area contributed by atoms with Crippen LogP contribution in [0.5, 0.6) is 0 Å². The van der Waals surface area contributed by atoms with E-state index in [4.69, 9.17) is 0 Å². The van der Waals surface area contributed by atoms with Gasteiger partial charge in [0.2, 0.25) is 0 Å². The summed E-state index contributed by atoms with van der Waals surface area (Å²) in [7, 11) is 0. The van der Waals surface area contributed by atoms with Crippen molar-refractivity contribution in [2.75, 3.05) is 6.54 Å². The third-order valence-electron chi connectivity index (χ3n) is 1.74. The van der Waals surface area contributed by atoms with Crippen LogP contribution < -0.4 is 4.72 Å². The third-order valence-corrected chi connectivity index (χ3v) is 2.15. The van der Waals surface area contributed by atoms with E-state index in [0.717, 1.165) is 12.8 Å². The Labute approximate surface area is 88.7 Å². The van der Waals surface area contributed by atoms with Gasteiger partial charge in [-0.1, -0.05) is 23.3 Å². The van der Waals surface area contributed by atoms with Crippen LogP contribution in [0.2, 0.25) is 0 Å². The van der Waals surface area contributed by atoms with Crippen LogP contribution in [0.1, 0.15) is 33.6 Å². The first-order chi connectivity index (χ1) is 6.52. The number of rotatable bonds is 6. The second-order valence-electron chi connectivity index (χ2n) is 3.45. The quantitative estimate of drug-likeness (QED) is 0.546. The summed E-state index contributed by atoms with van der Waals surface area (Å²) in [5, 5.41) is 0. The van der Waals surface area contributed by atoms with E-state index < -0.39 is 11.3 Å². The Balaban J connectivity index is 3.67. The topological polar surface area (TPSA) is 52.2 Å². The van der Waals surface area contributed by atoms with Gasteiger partial charge in [-0.15, -0.1) is 0 Å². The first-order valence-electron chi connectivity index (χ1n) is 4.64. The highest BCUT2D eigenvalue weighted by molar-refractivity contribution is 7.77. The lowest BCUT2D eigenvalue weighted by Gasteiger charge is -2.04. The molecule has 0 aromatic heterocycles. The molecule has 0 aliphatic carbocycles. The summed E-state index contributed by atoms with van der Waals surface area (Å²) < 4.78 is 22.6. The van der Waals surface area contributed by atoms with Gasteiger partial charge in [-0.25, -0.2) is 4.72 Å². The fourth-order valence-electron chi connectivity index (χ4n) is 0.975. The van der Waals surface area contributed by atoms with Gasteiger partial charge in [0.25, 0.3) is 0 Å². The van der Waals surface area contributed by atoms with E-state index in [0.29, 0.717) is 6.54 Å². The first-order valence-corrected chi connectivity index (χ1v) is 5.71. The molecular weight excluding hydrogens is 198 g/mol. The molecule has 14 heavy (non-hydrogen) atoms. The standard InChI is InChI=1S/C10H19NO2S/c1-9(2)5-4-6-10(3)7-8-11-14(12)13/h5,7,11H,4,6,8H2,1-3H3,(H,12,13)/p-1/b10-7+. The maximum absolute atomic E-state index is 10.1. The van der Waals surface area contributed by atoms with Crippen LogP contribution >= 0.6 is 0 Å². The van der Waals surface area contributed by atoms with E-state index in [2.05, 4.69) is 24.6 Å². The average Bonchev–Trinajstić information content (AvgIpc) is 2.02. The van der Waals surface area contributed by atoms with Gasteiger partial charge in [-0.05, 0) is 33.6 Å². The zero-order valence-electron chi connectivity index (χ0n) is 9.00. The minimum Gasteiger partial charge on any atom is -0.760 e. The van der Waals surface area contributed by atoms with Crippen LogP contribution in [0.25, 0.3) is 0 Å². The minimum atomic E-state index is -2.15. The first kappa shape index (κ1) is 13.5. The number of allylic oxidation sites excluding steroid dienone is 3. The van der Waals surface area contributed by atoms with Crippen LogP contribution in [0.4, 0.5) is 0 Å². The molecule has 0 bridgehead atoms. The maximum atomic E-state index is 10.1. The highest BCUT2D eigenvalue weighted by Gasteiger charge is 1.88. The largest absolute Gasteiger partial charge is 0.760 e. The Morgan fingerprint density at radius 1 is 1.36 bits per heavy atom. The van der Waals surface area contributed by atoms with Gasteiger partial charge < -0.3 is 4.55 Å². The second kappa shape index (κ2) is 7.91. The molecule has 4 heteroatoms. The van der Waals surface area contributed by atoms with Crippen molar-refractivity contribution in [3.05, 3.63) is 23.3 Å². The highest BCUT2D eigenvalue weighted by atomic mass is 32.2. The molecule has 0 aromatic carbocycles. The minimum absolute atomic E-state index is 0.386. The lowest BCUT2D eigenvalue weighted by Crippen LogP contribution is -2.16. The van der Waals surface area contributed by atoms with Crippen LogP contribution in [0, 0.1) is 0 Å². The van der Waals surface area contributed by atoms with Crippen molar-refractivity contribution in [2.45, 2.75) is 33.6 Å².